The Morgan fingerprint density at radius 2 is 1.74 bits per heavy atom. The van der Waals surface area contributed by atoms with Crippen molar-refractivity contribution in [3.05, 3.63) is 53.4 Å². The molecule has 1 aliphatic heterocycles. The summed E-state index contributed by atoms with van der Waals surface area (Å²) in [7, 11) is 1.37. The quantitative estimate of drug-likeness (QED) is 0.321. The van der Waals surface area contributed by atoms with Crippen molar-refractivity contribution < 1.29 is 45.0 Å². The first-order valence-electron chi connectivity index (χ1n) is 9.90. The Balaban J connectivity index is 1.73. The highest BCUT2D eigenvalue weighted by atomic mass is 19.4. The first-order valence-corrected chi connectivity index (χ1v) is 9.90. The van der Waals surface area contributed by atoms with Gasteiger partial charge in [-0.1, -0.05) is 6.07 Å². The average Bonchev–Trinajstić information content (AvgIpc) is 3.27. The molecule has 1 amide bonds. The molecule has 0 radical (unpaired) electrons. The number of carbonyl (C=O) groups is 1. The monoisotopic (exact) mass is 506 g/mol. The summed E-state index contributed by atoms with van der Waals surface area (Å²) in [5.74, 6) is -8.72. The number of ether oxygens (including phenoxy) is 2. The van der Waals surface area contributed by atoms with Crippen molar-refractivity contribution in [2.45, 2.75) is 12.6 Å². The minimum Gasteiger partial charge on any atom is -0.496 e. The second kappa shape index (κ2) is 10.6. The Morgan fingerprint density at radius 3 is 2.37 bits per heavy atom. The van der Waals surface area contributed by atoms with Gasteiger partial charge in [0.05, 0.1) is 25.8 Å². The van der Waals surface area contributed by atoms with Crippen molar-refractivity contribution in [2.24, 2.45) is 4.99 Å². The van der Waals surface area contributed by atoms with Gasteiger partial charge >= 0.3 is 12.1 Å². The largest absolute Gasteiger partial charge is 0.496 e. The maximum absolute atomic E-state index is 13.9. The molecule has 0 saturated carbocycles. The number of amides is 1. The predicted octanol–water partition coefficient (Wildman–Crippen LogP) is 4.00. The lowest BCUT2D eigenvalue weighted by Gasteiger charge is -2.15. The molecular weight excluding hydrogens is 489 g/mol. The van der Waals surface area contributed by atoms with Gasteiger partial charge in [-0.25, -0.2) is 0 Å². The van der Waals surface area contributed by atoms with Crippen molar-refractivity contribution in [1.82, 2.24) is 10.3 Å². The zero-order valence-electron chi connectivity index (χ0n) is 17.9. The molecule has 3 rings (SSSR count). The van der Waals surface area contributed by atoms with Gasteiger partial charge in [0.1, 0.15) is 23.0 Å². The molecule has 7 nitrogen and oxygen atoms in total. The maximum atomic E-state index is 13.9. The number of hydrogen-bond donors (Lipinski definition) is 2. The summed E-state index contributed by atoms with van der Waals surface area (Å²) in [4.78, 5) is 17.4. The van der Waals surface area contributed by atoms with Crippen molar-refractivity contribution in [2.75, 3.05) is 32.1 Å². The summed E-state index contributed by atoms with van der Waals surface area (Å²) in [5.41, 5.74) is -0.271. The van der Waals surface area contributed by atoms with Crippen LogP contribution in [0.4, 0.5) is 36.4 Å². The minimum absolute atomic E-state index is 0.0278. The van der Waals surface area contributed by atoms with E-state index in [1.54, 1.807) is 23.5 Å². The smallest absolute Gasteiger partial charge is 0.471 e. The number of methoxy groups -OCH3 is 1. The number of aromatic nitrogens is 1. The van der Waals surface area contributed by atoms with Crippen LogP contribution in [0.15, 0.2) is 29.3 Å². The SMILES string of the molecule is COc1cccc(OCCCNC(=O)C(F)(F)F)c1C1=CC(Nc2c(F)c(F)nc(F)c2F)=NC1. The topological polar surface area (TPSA) is 84.8 Å². The van der Waals surface area contributed by atoms with E-state index in [1.807, 2.05) is 0 Å². The van der Waals surface area contributed by atoms with Gasteiger partial charge in [0, 0.05) is 6.54 Å². The van der Waals surface area contributed by atoms with Crippen LogP contribution in [0.3, 0.4) is 0 Å². The van der Waals surface area contributed by atoms with Crippen LogP contribution in [-0.4, -0.2) is 49.7 Å². The second-order valence-corrected chi connectivity index (χ2v) is 6.98. The molecular formula is C21H17F7N4O3. The number of nitrogens with zero attached hydrogens (tertiary/aromatic N) is 2. The van der Waals surface area contributed by atoms with Gasteiger partial charge < -0.3 is 20.1 Å². The number of anilines is 1. The fourth-order valence-corrected chi connectivity index (χ4v) is 3.05. The lowest BCUT2D eigenvalue weighted by atomic mass is 10.0. The Kier molecular flexibility index (Phi) is 7.82. The third kappa shape index (κ3) is 6.00. The molecule has 1 aromatic carbocycles. The van der Waals surface area contributed by atoms with Crippen LogP contribution < -0.4 is 20.1 Å². The van der Waals surface area contributed by atoms with Crippen LogP contribution in [0.25, 0.3) is 5.57 Å². The van der Waals surface area contributed by atoms with Crippen molar-refractivity contribution in [3.63, 3.8) is 0 Å². The molecule has 14 heteroatoms. The van der Waals surface area contributed by atoms with Crippen LogP contribution in [0.1, 0.15) is 12.0 Å². The number of pyridine rings is 1. The van der Waals surface area contributed by atoms with Crippen molar-refractivity contribution in [1.29, 1.82) is 0 Å². The average molecular weight is 506 g/mol. The highest BCUT2D eigenvalue weighted by Crippen LogP contribution is 2.37. The Morgan fingerprint density at radius 1 is 1.09 bits per heavy atom. The van der Waals surface area contributed by atoms with E-state index in [0.29, 0.717) is 16.9 Å². The van der Waals surface area contributed by atoms with Gasteiger partial charge in [0.2, 0.25) is 11.6 Å². The van der Waals surface area contributed by atoms with Gasteiger partial charge in [-0.15, -0.1) is 0 Å². The molecule has 2 aromatic rings. The highest BCUT2D eigenvalue weighted by Gasteiger charge is 2.38. The molecule has 188 valence electrons. The van der Waals surface area contributed by atoms with E-state index in [9.17, 15) is 35.5 Å². The molecule has 2 heterocycles. The highest BCUT2D eigenvalue weighted by molar-refractivity contribution is 6.11. The third-order valence-electron chi connectivity index (χ3n) is 4.63. The molecule has 1 aromatic heterocycles. The molecule has 0 aliphatic carbocycles. The summed E-state index contributed by atoms with van der Waals surface area (Å²) in [6, 6.07) is 4.72. The molecule has 1 aliphatic rings. The fourth-order valence-electron chi connectivity index (χ4n) is 3.05. The van der Waals surface area contributed by atoms with Gasteiger partial charge in [-0.05, 0) is 30.2 Å². The number of benzene rings is 1. The van der Waals surface area contributed by atoms with Gasteiger partial charge in [0.15, 0.2) is 0 Å². The van der Waals surface area contributed by atoms with Crippen LogP contribution in [0.2, 0.25) is 0 Å². The molecule has 0 bridgehead atoms. The lowest BCUT2D eigenvalue weighted by Crippen LogP contribution is -2.37. The van der Waals surface area contributed by atoms with Crippen LogP contribution >= 0.6 is 0 Å². The third-order valence-corrected chi connectivity index (χ3v) is 4.63. The molecule has 0 fully saturated rings. The number of alkyl halides is 3. The Bertz CT molecular complexity index is 1160. The van der Waals surface area contributed by atoms with Crippen molar-refractivity contribution >= 4 is 23.0 Å². The minimum atomic E-state index is -4.98. The molecule has 2 N–H and O–H groups in total. The zero-order chi connectivity index (χ0) is 25.8. The Hall–Kier alpha value is -3.84. The summed E-state index contributed by atoms with van der Waals surface area (Å²) >= 11 is 0. The zero-order valence-corrected chi connectivity index (χ0v) is 17.9. The van der Waals surface area contributed by atoms with E-state index < -0.39 is 41.3 Å². The summed E-state index contributed by atoms with van der Waals surface area (Å²) in [6.07, 6.45) is -3.58. The molecule has 0 atom stereocenters. The van der Waals surface area contributed by atoms with Gasteiger partial charge in [0.25, 0.3) is 11.9 Å². The van der Waals surface area contributed by atoms with Gasteiger partial charge in [-0.3, -0.25) is 9.79 Å². The van der Waals surface area contributed by atoms with Crippen LogP contribution in [-0.2, 0) is 4.79 Å². The van der Waals surface area contributed by atoms with Crippen molar-refractivity contribution in [3.8, 4) is 11.5 Å². The predicted molar refractivity (Wildman–Crippen MR) is 110 cm³/mol. The van der Waals surface area contributed by atoms with Crippen LogP contribution in [0, 0.1) is 23.5 Å². The maximum Gasteiger partial charge on any atom is 0.471 e. The first kappa shape index (κ1) is 25.8. The summed E-state index contributed by atoms with van der Waals surface area (Å²) in [5, 5.41) is 3.91. The first-order chi connectivity index (χ1) is 16.5. The number of rotatable bonds is 8. The number of nitrogens with one attached hydrogen (secondary N) is 2. The second-order valence-electron chi connectivity index (χ2n) is 6.98. The lowest BCUT2D eigenvalue weighted by molar-refractivity contribution is -0.173. The van der Waals surface area contributed by atoms with E-state index in [-0.39, 0.29) is 37.7 Å². The van der Waals surface area contributed by atoms with E-state index in [1.165, 1.54) is 13.2 Å². The molecule has 0 spiro atoms. The van der Waals surface area contributed by atoms with E-state index >= 15 is 0 Å². The molecule has 35 heavy (non-hydrogen) atoms. The Labute approximate surface area is 193 Å². The fraction of sp³-hybridized carbons (Fsp3) is 0.286. The standard InChI is InChI=1S/C21H17F7N4O3/c1-34-11-4-2-5-12(35-7-3-6-29-20(33)21(26,27)28)14(11)10-8-13(30-9-10)31-17-15(22)18(24)32-19(25)16(17)23/h2,4-5,8H,3,6-7,9H2,1H3,(H,29,33)(H,30,31,32). The van der Waals surface area contributed by atoms with Gasteiger partial charge in [-0.2, -0.15) is 35.7 Å². The van der Waals surface area contributed by atoms with Crippen LogP contribution in [0.5, 0.6) is 11.5 Å². The number of carbonyl (C=O) groups excluding carboxylic acids is 1. The normalized spacial score (nSPS) is 13.3. The summed E-state index contributed by atoms with van der Waals surface area (Å²) < 4.78 is 102. The number of amidine groups is 1. The number of hydrogen-bond acceptors (Lipinski definition) is 6. The molecule has 0 saturated heterocycles. The molecule has 0 unspecified atom stereocenters. The van der Waals surface area contributed by atoms with E-state index in [2.05, 4.69) is 15.3 Å². The number of halogens is 7. The van der Waals surface area contributed by atoms with E-state index in [4.69, 9.17) is 9.47 Å². The number of aliphatic imine (C=N–C) groups is 1. The van der Waals surface area contributed by atoms with E-state index in [0.717, 1.165) is 0 Å². The summed E-state index contributed by atoms with van der Waals surface area (Å²) in [6.45, 7) is -0.378.